The topological polar surface area (TPSA) is 59.1 Å². The second-order valence-corrected chi connectivity index (χ2v) is 7.45. The molecule has 1 aromatic rings. The van der Waals surface area contributed by atoms with Gasteiger partial charge in [-0.1, -0.05) is 6.08 Å². The third kappa shape index (κ3) is 4.32. The molecule has 0 radical (unpaired) electrons. The van der Waals surface area contributed by atoms with Crippen LogP contribution in [-0.2, 0) is 4.79 Å². The Balaban J connectivity index is 1.68. The Kier molecular flexibility index (Phi) is 6.60. The van der Waals surface area contributed by atoms with Crippen molar-refractivity contribution in [2.24, 2.45) is 0 Å². The van der Waals surface area contributed by atoms with Gasteiger partial charge < -0.3 is 19.3 Å². The molecular formula is C22H30N2O4. The maximum atomic E-state index is 13.0. The summed E-state index contributed by atoms with van der Waals surface area (Å²) in [5, 5.41) is 0. The molecule has 6 nitrogen and oxygen atoms in total. The number of hydrogen-bond acceptors (Lipinski definition) is 4. The summed E-state index contributed by atoms with van der Waals surface area (Å²) in [6.45, 7) is 8.48. The normalized spacial score (nSPS) is 19.0. The summed E-state index contributed by atoms with van der Waals surface area (Å²) in [6, 6.07) is 3.66. The van der Waals surface area contributed by atoms with Crippen LogP contribution in [0.1, 0.15) is 48.0 Å². The summed E-state index contributed by atoms with van der Waals surface area (Å²) >= 11 is 0. The van der Waals surface area contributed by atoms with E-state index in [0.717, 1.165) is 50.9 Å². The lowest BCUT2D eigenvalue weighted by Crippen LogP contribution is -2.34. The van der Waals surface area contributed by atoms with Crippen LogP contribution in [0.3, 0.4) is 0 Å². The van der Waals surface area contributed by atoms with E-state index < -0.39 is 0 Å². The Morgan fingerprint density at radius 3 is 2.61 bits per heavy atom. The smallest absolute Gasteiger partial charge is 0.254 e. The van der Waals surface area contributed by atoms with Crippen LogP contribution in [0.15, 0.2) is 24.8 Å². The zero-order valence-electron chi connectivity index (χ0n) is 16.9. The molecule has 1 unspecified atom stereocenters. The average molecular weight is 386 g/mol. The Morgan fingerprint density at radius 2 is 1.93 bits per heavy atom. The summed E-state index contributed by atoms with van der Waals surface area (Å²) in [5.41, 5.74) is 1.45. The molecule has 0 N–H and O–H groups in total. The van der Waals surface area contributed by atoms with Gasteiger partial charge in [0.15, 0.2) is 11.5 Å². The van der Waals surface area contributed by atoms with E-state index in [1.807, 2.05) is 28.9 Å². The Labute approximate surface area is 167 Å². The zero-order chi connectivity index (χ0) is 20.1. The highest BCUT2D eigenvalue weighted by molar-refractivity contribution is 5.97. The van der Waals surface area contributed by atoms with Crippen molar-refractivity contribution in [2.45, 2.75) is 45.1 Å². The Hall–Kier alpha value is -2.50. The van der Waals surface area contributed by atoms with Crippen molar-refractivity contribution in [3.8, 4) is 11.5 Å². The Morgan fingerprint density at radius 1 is 1.18 bits per heavy atom. The van der Waals surface area contributed by atoms with Crippen LogP contribution >= 0.6 is 0 Å². The first kappa shape index (κ1) is 20.2. The van der Waals surface area contributed by atoms with Crippen molar-refractivity contribution < 1.29 is 19.1 Å². The number of amides is 2. The molecule has 2 saturated heterocycles. The van der Waals surface area contributed by atoms with E-state index in [9.17, 15) is 9.59 Å². The molecule has 3 rings (SSSR count). The predicted octanol–water partition coefficient (Wildman–Crippen LogP) is 3.19. The van der Waals surface area contributed by atoms with E-state index in [0.29, 0.717) is 30.1 Å². The maximum absolute atomic E-state index is 13.0. The monoisotopic (exact) mass is 386 g/mol. The minimum absolute atomic E-state index is 0.00559. The van der Waals surface area contributed by atoms with Gasteiger partial charge in [-0.15, -0.1) is 6.58 Å². The quantitative estimate of drug-likeness (QED) is 0.676. The number of carbonyl (C=O) groups is 2. The standard InChI is InChI=1S/C22H30N2O4/c1-4-17-8-7-12-24(17)22(26)18-15-19(27-3)20(14-16(18)2)28-13-9-21(25)23-10-5-6-11-23/h4,14-15,17H,1,5-13H2,2-3H3. The van der Waals surface area contributed by atoms with Gasteiger partial charge in [0.1, 0.15) is 0 Å². The summed E-state index contributed by atoms with van der Waals surface area (Å²) in [5.74, 6) is 1.20. The fourth-order valence-corrected chi connectivity index (χ4v) is 3.98. The van der Waals surface area contributed by atoms with E-state index in [1.54, 1.807) is 13.2 Å². The summed E-state index contributed by atoms with van der Waals surface area (Å²) in [4.78, 5) is 28.9. The number of likely N-dealkylation sites (tertiary alicyclic amines) is 2. The molecule has 0 bridgehead atoms. The van der Waals surface area contributed by atoms with Gasteiger partial charge in [-0.3, -0.25) is 9.59 Å². The van der Waals surface area contributed by atoms with Crippen molar-refractivity contribution in [1.29, 1.82) is 0 Å². The molecule has 0 aliphatic carbocycles. The van der Waals surface area contributed by atoms with Crippen LogP contribution in [0, 0.1) is 6.92 Å². The lowest BCUT2D eigenvalue weighted by atomic mass is 10.1. The number of methoxy groups -OCH3 is 1. The molecule has 2 fully saturated rings. The van der Waals surface area contributed by atoms with Crippen LogP contribution in [0.5, 0.6) is 11.5 Å². The summed E-state index contributed by atoms with van der Waals surface area (Å²) in [6.07, 6.45) is 6.30. The molecule has 152 valence electrons. The van der Waals surface area contributed by atoms with E-state index >= 15 is 0 Å². The van der Waals surface area contributed by atoms with Gasteiger partial charge in [0, 0.05) is 25.2 Å². The van der Waals surface area contributed by atoms with Crippen LogP contribution in [0.25, 0.3) is 0 Å². The van der Waals surface area contributed by atoms with E-state index in [1.165, 1.54) is 0 Å². The molecule has 0 saturated carbocycles. The number of aryl methyl sites for hydroxylation is 1. The lowest BCUT2D eigenvalue weighted by molar-refractivity contribution is -0.130. The summed E-state index contributed by atoms with van der Waals surface area (Å²) in [7, 11) is 1.56. The van der Waals surface area contributed by atoms with Crippen molar-refractivity contribution in [3.05, 3.63) is 35.9 Å². The second-order valence-electron chi connectivity index (χ2n) is 7.45. The molecule has 0 aromatic heterocycles. The van der Waals surface area contributed by atoms with Gasteiger partial charge in [0.05, 0.1) is 26.2 Å². The molecule has 2 aliphatic heterocycles. The van der Waals surface area contributed by atoms with Gasteiger partial charge in [-0.05, 0) is 50.3 Å². The molecule has 2 amide bonds. The van der Waals surface area contributed by atoms with Crippen LogP contribution in [-0.4, -0.2) is 61.0 Å². The van der Waals surface area contributed by atoms with E-state index in [-0.39, 0.29) is 17.9 Å². The first-order valence-electron chi connectivity index (χ1n) is 10.1. The minimum Gasteiger partial charge on any atom is -0.493 e. The highest BCUT2D eigenvalue weighted by atomic mass is 16.5. The number of nitrogens with zero attached hydrogens (tertiary/aromatic N) is 2. The molecule has 6 heteroatoms. The zero-order valence-corrected chi connectivity index (χ0v) is 16.9. The number of hydrogen-bond donors (Lipinski definition) is 0. The molecule has 2 aliphatic rings. The predicted molar refractivity (Wildman–Crippen MR) is 108 cm³/mol. The Bertz CT molecular complexity index is 740. The first-order valence-corrected chi connectivity index (χ1v) is 10.1. The largest absolute Gasteiger partial charge is 0.493 e. The van der Waals surface area contributed by atoms with E-state index in [2.05, 4.69) is 6.58 Å². The van der Waals surface area contributed by atoms with Crippen LogP contribution in [0.4, 0.5) is 0 Å². The fourth-order valence-electron chi connectivity index (χ4n) is 3.98. The highest BCUT2D eigenvalue weighted by Crippen LogP contribution is 2.32. The minimum atomic E-state index is -0.00559. The van der Waals surface area contributed by atoms with Gasteiger partial charge in [-0.2, -0.15) is 0 Å². The van der Waals surface area contributed by atoms with Gasteiger partial charge in [-0.25, -0.2) is 0 Å². The van der Waals surface area contributed by atoms with Crippen molar-refractivity contribution >= 4 is 11.8 Å². The van der Waals surface area contributed by atoms with Crippen LogP contribution < -0.4 is 9.47 Å². The maximum Gasteiger partial charge on any atom is 0.254 e. The van der Waals surface area contributed by atoms with Crippen LogP contribution in [0.2, 0.25) is 0 Å². The first-order chi connectivity index (χ1) is 13.5. The third-order valence-corrected chi connectivity index (χ3v) is 5.61. The highest BCUT2D eigenvalue weighted by Gasteiger charge is 2.29. The van der Waals surface area contributed by atoms with Crippen molar-refractivity contribution in [2.75, 3.05) is 33.4 Å². The third-order valence-electron chi connectivity index (χ3n) is 5.61. The van der Waals surface area contributed by atoms with Crippen molar-refractivity contribution in [3.63, 3.8) is 0 Å². The van der Waals surface area contributed by atoms with E-state index in [4.69, 9.17) is 9.47 Å². The van der Waals surface area contributed by atoms with Gasteiger partial charge in [0.2, 0.25) is 5.91 Å². The molecule has 1 aromatic carbocycles. The molecule has 1 atom stereocenters. The number of carbonyl (C=O) groups excluding carboxylic acids is 2. The molecular weight excluding hydrogens is 356 g/mol. The SMILES string of the molecule is C=CC1CCCN1C(=O)c1cc(OC)c(OCCC(=O)N2CCCC2)cc1C. The average Bonchev–Trinajstić information content (AvgIpc) is 3.39. The molecule has 28 heavy (non-hydrogen) atoms. The summed E-state index contributed by atoms with van der Waals surface area (Å²) < 4.78 is 11.3. The molecule has 2 heterocycles. The number of rotatable bonds is 7. The molecule has 0 spiro atoms. The number of benzene rings is 1. The van der Waals surface area contributed by atoms with Crippen molar-refractivity contribution in [1.82, 2.24) is 9.80 Å². The second kappa shape index (κ2) is 9.13. The van der Waals surface area contributed by atoms with Gasteiger partial charge in [0.25, 0.3) is 5.91 Å². The fraction of sp³-hybridized carbons (Fsp3) is 0.545. The lowest BCUT2D eigenvalue weighted by Gasteiger charge is -2.23. The van der Waals surface area contributed by atoms with Gasteiger partial charge >= 0.3 is 0 Å². The number of ether oxygens (including phenoxy) is 2.